The van der Waals surface area contributed by atoms with Gasteiger partial charge in [0.1, 0.15) is 11.6 Å². The number of rotatable bonds is 2. The fourth-order valence-corrected chi connectivity index (χ4v) is 3.27. The Morgan fingerprint density at radius 1 is 1.45 bits per heavy atom. The maximum absolute atomic E-state index is 12.9. The van der Waals surface area contributed by atoms with Gasteiger partial charge in [-0.1, -0.05) is 0 Å². The summed E-state index contributed by atoms with van der Waals surface area (Å²) < 4.78 is 5.50. The van der Waals surface area contributed by atoms with Crippen molar-refractivity contribution in [1.29, 1.82) is 0 Å². The molecular weight excluding hydrogens is 280 g/mol. The highest BCUT2D eigenvalue weighted by Crippen LogP contribution is 2.32. The minimum absolute atomic E-state index is 0.0260. The molecule has 22 heavy (non-hydrogen) atoms. The highest BCUT2D eigenvalue weighted by molar-refractivity contribution is 5.95. The van der Waals surface area contributed by atoms with Gasteiger partial charge < -0.3 is 9.64 Å². The highest BCUT2D eigenvalue weighted by Gasteiger charge is 2.33. The summed E-state index contributed by atoms with van der Waals surface area (Å²) in [7, 11) is 0. The molecule has 0 radical (unpaired) electrons. The fraction of sp³-hybridized carbons (Fsp3) is 0.438. The molecule has 6 nitrogen and oxygen atoms in total. The van der Waals surface area contributed by atoms with Crippen molar-refractivity contribution in [3.63, 3.8) is 0 Å². The number of nitrogens with zero attached hydrogens (tertiary/aromatic N) is 3. The van der Waals surface area contributed by atoms with E-state index >= 15 is 0 Å². The van der Waals surface area contributed by atoms with Crippen molar-refractivity contribution in [1.82, 2.24) is 20.1 Å². The predicted octanol–water partition coefficient (Wildman–Crippen LogP) is 2.03. The van der Waals surface area contributed by atoms with E-state index in [2.05, 4.69) is 15.2 Å². The normalized spacial score (nSPS) is 20.0. The predicted molar refractivity (Wildman–Crippen MR) is 79.8 cm³/mol. The van der Waals surface area contributed by atoms with E-state index in [1.54, 1.807) is 0 Å². The Balaban J connectivity index is 1.61. The van der Waals surface area contributed by atoms with Crippen LogP contribution in [0.5, 0.6) is 5.75 Å². The molecule has 0 spiro atoms. The average Bonchev–Trinajstić information content (AvgIpc) is 3.25. The molecule has 1 aromatic carbocycles. The monoisotopic (exact) mass is 298 g/mol. The zero-order valence-corrected chi connectivity index (χ0v) is 12.5. The van der Waals surface area contributed by atoms with Crippen LogP contribution in [-0.4, -0.2) is 39.1 Å². The molecule has 0 unspecified atom stereocenters. The maximum Gasteiger partial charge on any atom is 0.254 e. The lowest BCUT2D eigenvalue weighted by Gasteiger charge is -2.22. The van der Waals surface area contributed by atoms with Crippen LogP contribution in [-0.2, 0) is 6.42 Å². The summed E-state index contributed by atoms with van der Waals surface area (Å²) in [6.45, 7) is 3.33. The third-order valence-electron chi connectivity index (χ3n) is 4.36. The first-order chi connectivity index (χ1) is 10.7. The van der Waals surface area contributed by atoms with Gasteiger partial charge in [-0.15, -0.1) is 0 Å². The van der Waals surface area contributed by atoms with E-state index in [0.29, 0.717) is 12.4 Å². The molecule has 1 saturated heterocycles. The number of hydrogen-bond donors (Lipinski definition) is 1. The van der Waals surface area contributed by atoms with Crippen molar-refractivity contribution in [2.24, 2.45) is 0 Å². The SMILES string of the molecule is Cc1nc([C@@H]2CCCN2C(=O)c2ccc3c(c2)CCO3)n[nH]1. The number of carbonyl (C=O) groups excluding carboxylic acids is 1. The Hall–Kier alpha value is -2.37. The summed E-state index contributed by atoms with van der Waals surface area (Å²) in [4.78, 5) is 19.1. The summed E-state index contributed by atoms with van der Waals surface area (Å²) in [6, 6.07) is 5.69. The van der Waals surface area contributed by atoms with Gasteiger partial charge in [-0.05, 0) is 43.5 Å². The van der Waals surface area contributed by atoms with Crippen molar-refractivity contribution in [2.45, 2.75) is 32.2 Å². The summed E-state index contributed by atoms with van der Waals surface area (Å²) in [5.41, 5.74) is 1.85. The number of fused-ring (bicyclic) bond motifs is 1. The van der Waals surface area contributed by atoms with Crippen LogP contribution in [0.1, 0.15) is 46.5 Å². The standard InChI is InChI=1S/C16H18N4O2/c1-10-17-15(19-18-10)13-3-2-7-20(13)16(21)12-4-5-14-11(9-12)6-8-22-14/h4-5,9,13H,2-3,6-8H2,1H3,(H,17,18,19)/t13-/m0/s1. The second-order valence-electron chi connectivity index (χ2n) is 5.86. The number of H-pyrrole nitrogens is 1. The van der Waals surface area contributed by atoms with E-state index in [1.807, 2.05) is 30.0 Å². The van der Waals surface area contributed by atoms with Gasteiger partial charge in [0, 0.05) is 18.5 Å². The van der Waals surface area contributed by atoms with Gasteiger partial charge in [-0.2, -0.15) is 5.10 Å². The lowest BCUT2D eigenvalue weighted by molar-refractivity contribution is 0.0730. The molecule has 114 valence electrons. The van der Waals surface area contributed by atoms with E-state index < -0.39 is 0 Å². The average molecular weight is 298 g/mol. The quantitative estimate of drug-likeness (QED) is 0.921. The molecule has 1 aromatic heterocycles. The van der Waals surface area contributed by atoms with Crippen LogP contribution in [0, 0.1) is 6.92 Å². The molecule has 1 N–H and O–H groups in total. The smallest absolute Gasteiger partial charge is 0.254 e. The van der Waals surface area contributed by atoms with E-state index in [1.165, 1.54) is 0 Å². The molecule has 2 aromatic rings. The molecule has 1 fully saturated rings. The molecule has 1 atom stereocenters. The lowest BCUT2D eigenvalue weighted by atomic mass is 10.1. The molecule has 6 heteroatoms. The molecule has 1 amide bonds. The molecule has 2 aliphatic rings. The van der Waals surface area contributed by atoms with Gasteiger partial charge in [-0.25, -0.2) is 4.98 Å². The van der Waals surface area contributed by atoms with Crippen LogP contribution in [0.2, 0.25) is 0 Å². The summed E-state index contributed by atoms with van der Waals surface area (Å²) in [5.74, 6) is 2.45. The van der Waals surface area contributed by atoms with Gasteiger partial charge in [0.2, 0.25) is 0 Å². The van der Waals surface area contributed by atoms with Gasteiger partial charge >= 0.3 is 0 Å². The van der Waals surface area contributed by atoms with E-state index in [4.69, 9.17) is 4.74 Å². The number of hydrogen-bond acceptors (Lipinski definition) is 4. The van der Waals surface area contributed by atoms with E-state index in [9.17, 15) is 4.79 Å². The Labute approximate surface area is 128 Å². The second kappa shape index (κ2) is 5.12. The molecule has 4 rings (SSSR count). The van der Waals surface area contributed by atoms with E-state index in [0.717, 1.165) is 48.5 Å². The number of carbonyl (C=O) groups is 1. The van der Waals surface area contributed by atoms with Crippen molar-refractivity contribution in [3.05, 3.63) is 41.0 Å². The summed E-state index contributed by atoms with van der Waals surface area (Å²) in [5, 5.41) is 7.10. The zero-order valence-electron chi connectivity index (χ0n) is 12.5. The Morgan fingerprint density at radius 3 is 3.18 bits per heavy atom. The second-order valence-corrected chi connectivity index (χ2v) is 5.86. The minimum atomic E-state index is -0.0260. The van der Waals surface area contributed by atoms with Crippen molar-refractivity contribution in [2.75, 3.05) is 13.2 Å². The van der Waals surface area contributed by atoms with Gasteiger partial charge in [0.05, 0.1) is 12.6 Å². The van der Waals surface area contributed by atoms with Gasteiger partial charge in [0.15, 0.2) is 5.82 Å². The van der Waals surface area contributed by atoms with Crippen LogP contribution in [0.15, 0.2) is 18.2 Å². The molecule has 0 bridgehead atoms. The number of aromatic nitrogens is 3. The number of nitrogens with one attached hydrogen (secondary N) is 1. The van der Waals surface area contributed by atoms with Gasteiger partial charge in [0.25, 0.3) is 5.91 Å². The number of benzene rings is 1. The molecule has 2 aliphatic heterocycles. The summed E-state index contributed by atoms with van der Waals surface area (Å²) >= 11 is 0. The fourth-order valence-electron chi connectivity index (χ4n) is 3.27. The largest absolute Gasteiger partial charge is 0.493 e. The van der Waals surface area contributed by atoms with Crippen LogP contribution < -0.4 is 4.74 Å². The molecule has 0 saturated carbocycles. The lowest BCUT2D eigenvalue weighted by Crippen LogP contribution is -2.31. The van der Waals surface area contributed by atoms with Crippen LogP contribution in [0.4, 0.5) is 0 Å². The van der Waals surface area contributed by atoms with Crippen molar-refractivity contribution in [3.8, 4) is 5.75 Å². The van der Waals surface area contributed by atoms with Crippen molar-refractivity contribution < 1.29 is 9.53 Å². The first-order valence-corrected chi connectivity index (χ1v) is 7.68. The molecule has 3 heterocycles. The number of amides is 1. The maximum atomic E-state index is 12.9. The Kier molecular flexibility index (Phi) is 3.10. The number of likely N-dealkylation sites (tertiary alicyclic amines) is 1. The third-order valence-corrected chi connectivity index (χ3v) is 4.36. The minimum Gasteiger partial charge on any atom is -0.493 e. The highest BCUT2D eigenvalue weighted by atomic mass is 16.5. The first kappa shape index (κ1) is 13.3. The van der Waals surface area contributed by atoms with Crippen molar-refractivity contribution >= 4 is 5.91 Å². The number of aryl methyl sites for hydroxylation is 1. The van der Waals surface area contributed by atoms with E-state index in [-0.39, 0.29) is 11.9 Å². The Morgan fingerprint density at radius 2 is 2.36 bits per heavy atom. The van der Waals surface area contributed by atoms with Crippen LogP contribution in [0.3, 0.4) is 0 Å². The first-order valence-electron chi connectivity index (χ1n) is 7.68. The van der Waals surface area contributed by atoms with Gasteiger partial charge in [-0.3, -0.25) is 9.89 Å². The Bertz CT molecular complexity index is 725. The number of aromatic amines is 1. The van der Waals surface area contributed by atoms with Crippen LogP contribution in [0.25, 0.3) is 0 Å². The molecule has 0 aliphatic carbocycles. The zero-order chi connectivity index (χ0) is 15.1. The topological polar surface area (TPSA) is 71.1 Å². The molecular formula is C16H18N4O2. The number of ether oxygens (including phenoxy) is 1. The van der Waals surface area contributed by atoms with Crippen LogP contribution >= 0.6 is 0 Å². The third kappa shape index (κ3) is 2.15. The summed E-state index contributed by atoms with van der Waals surface area (Å²) in [6.07, 6.45) is 2.77.